The van der Waals surface area contributed by atoms with E-state index in [4.69, 9.17) is 4.74 Å². The summed E-state index contributed by atoms with van der Waals surface area (Å²) in [7, 11) is 0. The molecule has 1 amide bonds. The molecule has 0 atom stereocenters. The van der Waals surface area contributed by atoms with Crippen molar-refractivity contribution in [3.05, 3.63) is 77.4 Å². The molecule has 0 aromatic heterocycles. The largest absolute Gasteiger partial charge is 0.445 e. The third-order valence-corrected chi connectivity index (χ3v) is 6.09. The topological polar surface area (TPSA) is 38.3 Å². The van der Waals surface area contributed by atoms with Crippen LogP contribution in [-0.4, -0.2) is 12.7 Å². The molecule has 2 aromatic rings. The van der Waals surface area contributed by atoms with E-state index in [-0.39, 0.29) is 6.61 Å². The molecule has 0 heterocycles. The molecule has 0 bridgehead atoms. The van der Waals surface area contributed by atoms with Crippen molar-refractivity contribution in [3.8, 4) is 0 Å². The Balaban J connectivity index is 1.66. The second-order valence-electron chi connectivity index (χ2n) is 9.77. The monoisotopic (exact) mass is 461 g/mol. The predicted octanol–water partition coefficient (Wildman–Crippen LogP) is 9.61. The van der Waals surface area contributed by atoms with Crippen molar-refractivity contribution in [1.29, 1.82) is 0 Å². The third kappa shape index (κ3) is 10.9. The van der Waals surface area contributed by atoms with Crippen molar-refractivity contribution >= 4 is 22.6 Å². The SMILES string of the molecule is CC(=CCCC(C)=CCOC(=O)Nc1cccc2ccccc12)CCC=C(C)CCCC(C)C. The van der Waals surface area contributed by atoms with Crippen molar-refractivity contribution < 1.29 is 9.53 Å². The summed E-state index contributed by atoms with van der Waals surface area (Å²) in [6.07, 6.45) is 14.4. The number of hydrogen-bond acceptors (Lipinski definition) is 2. The van der Waals surface area contributed by atoms with Crippen LogP contribution in [-0.2, 0) is 4.74 Å². The van der Waals surface area contributed by atoms with E-state index in [0.717, 1.165) is 48.1 Å². The minimum absolute atomic E-state index is 0.284. The van der Waals surface area contributed by atoms with Gasteiger partial charge in [0.1, 0.15) is 6.61 Å². The molecule has 0 radical (unpaired) electrons. The highest BCUT2D eigenvalue weighted by molar-refractivity contribution is 6.00. The zero-order valence-corrected chi connectivity index (χ0v) is 21.8. The summed E-state index contributed by atoms with van der Waals surface area (Å²) in [6, 6.07) is 13.8. The molecule has 0 aliphatic heterocycles. The van der Waals surface area contributed by atoms with Crippen molar-refractivity contribution in [2.75, 3.05) is 11.9 Å². The van der Waals surface area contributed by atoms with Gasteiger partial charge in [0.15, 0.2) is 0 Å². The van der Waals surface area contributed by atoms with Crippen LogP contribution in [0.3, 0.4) is 0 Å². The molecule has 1 N–H and O–H groups in total. The van der Waals surface area contributed by atoms with E-state index in [1.807, 2.05) is 48.5 Å². The Bertz CT molecular complexity index is 992. The number of benzene rings is 2. The van der Waals surface area contributed by atoms with Crippen molar-refractivity contribution in [2.45, 2.75) is 79.6 Å². The van der Waals surface area contributed by atoms with Crippen LogP contribution in [0.4, 0.5) is 10.5 Å². The van der Waals surface area contributed by atoms with Crippen LogP contribution >= 0.6 is 0 Å². The number of nitrogens with one attached hydrogen (secondary N) is 1. The molecule has 0 unspecified atom stereocenters. The number of allylic oxidation sites excluding steroid dienone is 5. The first kappa shape index (κ1) is 27.4. The summed E-state index contributed by atoms with van der Waals surface area (Å²) >= 11 is 0. The number of ether oxygens (including phenoxy) is 1. The molecule has 2 rings (SSSR count). The molecule has 184 valence electrons. The number of anilines is 1. The van der Waals surface area contributed by atoms with Gasteiger partial charge in [0.2, 0.25) is 0 Å². The molecular weight excluding hydrogens is 418 g/mol. The quantitative estimate of drug-likeness (QED) is 0.301. The minimum Gasteiger partial charge on any atom is -0.445 e. The molecule has 0 aliphatic rings. The van der Waals surface area contributed by atoms with Crippen LogP contribution in [0.5, 0.6) is 0 Å². The normalized spacial score (nSPS) is 12.9. The van der Waals surface area contributed by atoms with E-state index in [1.165, 1.54) is 36.0 Å². The van der Waals surface area contributed by atoms with Gasteiger partial charge in [0.05, 0.1) is 5.69 Å². The van der Waals surface area contributed by atoms with Crippen LogP contribution in [0.25, 0.3) is 10.8 Å². The Morgan fingerprint density at radius 2 is 1.47 bits per heavy atom. The van der Waals surface area contributed by atoms with Gasteiger partial charge in [-0.3, -0.25) is 5.32 Å². The summed E-state index contributed by atoms with van der Waals surface area (Å²) in [5.74, 6) is 0.800. The molecule has 2 aromatic carbocycles. The number of rotatable bonds is 13. The summed E-state index contributed by atoms with van der Waals surface area (Å²) in [4.78, 5) is 12.2. The fourth-order valence-corrected chi connectivity index (χ4v) is 3.93. The lowest BCUT2D eigenvalue weighted by atomic mass is 10.0. The van der Waals surface area contributed by atoms with Crippen LogP contribution in [0.15, 0.2) is 77.4 Å². The van der Waals surface area contributed by atoms with Gasteiger partial charge in [0, 0.05) is 5.39 Å². The van der Waals surface area contributed by atoms with E-state index in [1.54, 1.807) is 0 Å². The zero-order valence-electron chi connectivity index (χ0n) is 21.8. The molecule has 0 spiro atoms. The molecule has 0 aliphatic carbocycles. The van der Waals surface area contributed by atoms with Crippen LogP contribution < -0.4 is 5.32 Å². The molecule has 0 fully saturated rings. The van der Waals surface area contributed by atoms with Gasteiger partial charge in [0.25, 0.3) is 0 Å². The van der Waals surface area contributed by atoms with Gasteiger partial charge in [-0.15, -0.1) is 0 Å². The highest BCUT2D eigenvalue weighted by Gasteiger charge is 2.05. The Kier molecular flexibility index (Phi) is 12.2. The summed E-state index contributed by atoms with van der Waals surface area (Å²) in [5.41, 5.74) is 4.98. The average Bonchev–Trinajstić information content (AvgIpc) is 2.79. The molecule has 34 heavy (non-hydrogen) atoms. The van der Waals surface area contributed by atoms with E-state index >= 15 is 0 Å². The molecular formula is C31H43NO2. The zero-order chi connectivity index (χ0) is 24.8. The van der Waals surface area contributed by atoms with Crippen LogP contribution in [0.1, 0.15) is 79.6 Å². The first-order chi connectivity index (χ1) is 16.3. The van der Waals surface area contributed by atoms with Gasteiger partial charge >= 0.3 is 6.09 Å². The maximum atomic E-state index is 12.2. The smallest absolute Gasteiger partial charge is 0.411 e. The lowest BCUT2D eigenvalue weighted by Crippen LogP contribution is -2.14. The Hall–Kier alpha value is -2.81. The molecule has 0 saturated heterocycles. The number of carbonyl (C=O) groups is 1. The summed E-state index contributed by atoms with van der Waals surface area (Å²) in [5, 5.41) is 4.95. The number of amides is 1. The van der Waals surface area contributed by atoms with E-state index in [2.05, 4.69) is 52.1 Å². The second kappa shape index (κ2) is 15.2. The predicted molar refractivity (Wildman–Crippen MR) is 147 cm³/mol. The van der Waals surface area contributed by atoms with Gasteiger partial charge in [-0.05, 0) is 82.7 Å². The van der Waals surface area contributed by atoms with E-state index < -0.39 is 6.09 Å². The van der Waals surface area contributed by atoms with E-state index in [9.17, 15) is 4.79 Å². The fourth-order valence-electron chi connectivity index (χ4n) is 3.93. The Labute approximate surface area is 207 Å². The van der Waals surface area contributed by atoms with Crippen molar-refractivity contribution in [3.63, 3.8) is 0 Å². The van der Waals surface area contributed by atoms with Gasteiger partial charge < -0.3 is 4.74 Å². The van der Waals surface area contributed by atoms with Crippen molar-refractivity contribution in [2.24, 2.45) is 5.92 Å². The number of hydrogen-bond donors (Lipinski definition) is 1. The van der Waals surface area contributed by atoms with Gasteiger partial charge in [-0.1, -0.05) is 85.5 Å². The fraction of sp³-hybridized carbons (Fsp3) is 0.452. The lowest BCUT2D eigenvalue weighted by molar-refractivity contribution is 0.174. The molecule has 3 heteroatoms. The lowest BCUT2D eigenvalue weighted by Gasteiger charge is -2.09. The van der Waals surface area contributed by atoms with E-state index in [0.29, 0.717) is 0 Å². The highest BCUT2D eigenvalue weighted by atomic mass is 16.5. The standard InChI is InChI=1S/C31H43NO2/c1-24(2)12-8-13-25(3)14-9-15-26(4)16-10-17-27(5)22-23-34-31(33)32-30-21-11-19-28-18-6-7-20-29(28)30/h6-7,11,14,16,18-22,24H,8-10,12-13,15,17,23H2,1-5H3,(H,32,33). The summed E-state index contributed by atoms with van der Waals surface area (Å²) in [6.45, 7) is 11.5. The van der Waals surface area contributed by atoms with Gasteiger partial charge in [-0.25, -0.2) is 4.79 Å². The number of carbonyl (C=O) groups excluding carboxylic acids is 1. The van der Waals surface area contributed by atoms with Gasteiger partial charge in [-0.2, -0.15) is 0 Å². The minimum atomic E-state index is -0.427. The summed E-state index contributed by atoms with van der Waals surface area (Å²) < 4.78 is 5.36. The third-order valence-electron chi connectivity index (χ3n) is 6.09. The number of fused-ring (bicyclic) bond motifs is 1. The Morgan fingerprint density at radius 3 is 2.18 bits per heavy atom. The maximum absolute atomic E-state index is 12.2. The van der Waals surface area contributed by atoms with Crippen LogP contribution in [0, 0.1) is 5.92 Å². The first-order valence-electron chi connectivity index (χ1n) is 12.7. The molecule has 3 nitrogen and oxygen atoms in total. The average molecular weight is 462 g/mol. The molecule has 0 saturated carbocycles. The first-order valence-corrected chi connectivity index (χ1v) is 12.7. The Morgan fingerprint density at radius 1 is 0.853 bits per heavy atom. The second-order valence-corrected chi connectivity index (χ2v) is 9.77. The van der Waals surface area contributed by atoms with Crippen LogP contribution in [0.2, 0.25) is 0 Å². The maximum Gasteiger partial charge on any atom is 0.411 e. The highest BCUT2D eigenvalue weighted by Crippen LogP contribution is 2.23. The van der Waals surface area contributed by atoms with Crippen molar-refractivity contribution in [1.82, 2.24) is 0 Å².